The molecule has 0 radical (unpaired) electrons. The summed E-state index contributed by atoms with van der Waals surface area (Å²) in [5.41, 5.74) is 1.29. The van der Waals surface area contributed by atoms with Gasteiger partial charge in [-0.05, 0) is 24.1 Å². The van der Waals surface area contributed by atoms with Crippen molar-refractivity contribution in [2.75, 3.05) is 38.2 Å². The van der Waals surface area contributed by atoms with Gasteiger partial charge < -0.3 is 14.5 Å². The van der Waals surface area contributed by atoms with Gasteiger partial charge >= 0.3 is 5.97 Å². The van der Waals surface area contributed by atoms with Crippen molar-refractivity contribution < 1.29 is 14.3 Å². The second-order valence-corrected chi connectivity index (χ2v) is 6.53. The lowest BCUT2D eigenvalue weighted by molar-refractivity contribution is -0.132. The first kappa shape index (κ1) is 17.6. The molecule has 0 saturated carbocycles. The van der Waals surface area contributed by atoms with Gasteiger partial charge in [0, 0.05) is 32.6 Å². The van der Waals surface area contributed by atoms with Gasteiger partial charge in [0.2, 0.25) is 5.91 Å². The quantitative estimate of drug-likeness (QED) is 0.792. The molecule has 1 amide bonds. The minimum atomic E-state index is -0.381. The topological polar surface area (TPSA) is 49.9 Å². The first-order chi connectivity index (χ1) is 10.9. The summed E-state index contributed by atoms with van der Waals surface area (Å²) in [5, 5.41) is 0.597. The smallest absolute Gasteiger partial charge is 0.337 e. The lowest BCUT2D eigenvalue weighted by Gasteiger charge is -2.37. The maximum Gasteiger partial charge on any atom is 0.337 e. The van der Waals surface area contributed by atoms with Crippen LogP contribution in [0.15, 0.2) is 18.2 Å². The molecular formula is C17H23ClN2O3. The number of methoxy groups -OCH3 is 1. The summed E-state index contributed by atoms with van der Waals surface area (Å²) in [5.74, 6) is 0.189. The highest BCUT2D eigenvalue weighted by Crippen LogP contribution is 2.28. The Kier molecular flexibility index (Phi) is 5.88. The lowest BCUT2D eigenvalue weighted by Crippen LogP contribution is -2.49. The van der Waals surface area contributed by atoms with E-state index in [1.54, 1.807) is 18.2 Å². The van der Waals surface area contributed by atoms with Crippen LogP contribution < -0.4 is 4.90 Å². The number of esters is 1. The maximum absolute atomic E-state index is 12.1. The molecule has 126 valence electrons. The van der Waals surface area contributed by atoms with Gasteiger partial charge in [-0.1, -0.05) is 25.4 Å². The van der Waals surface area contributed by atoms with Crippen LogP contribution in [0.25, 0.3) is 0 Å². The fraction of sp³-hybridized carbons (Fsp3) is 0.529. The zero-order chi connectivity index (χ0) is 17.0. The highest BCUT2D eigenvalue weighted by Gasteiger charge is 2.23. The van der Waals surface area contributed by atoms with Gasteiger partial charge in [0.1, 0.15) is 0 Å². The number of carbonyl (C=O) groups is 2. The van der Waals surface area contributed by atoms with Crippen LogP contribution in [0.5, 0.6) is 0 Å². The number of anilines is 1. The number of rotatable bonds is 4. The van der Waals surface area contributed by atoms with Crippen LogP contribution in [-0.2, 0) is 9.53 Å². The number of piperazine rings is 1. The Labute approximate surface area is 142 Å². The molecule has 0 spiro atoms. The van der Waals surface area contributed by atoms with E-state index in [4.69, 9.17) is 16.3 Å². The molecule has 1 saturated heterocycles. The van der Waals surface area contributed by atoms with Gasteiger partial charge in [0.15, 0.2) is 0 Å². The van der Waals surface area contributed by atoms with E-state index in [0.717, 1.165) is 5.69 Å². The van der Waals surface area contributed by atoms with Gasteiger partial charge in [-0.2, -0.15) is 0 Å². The number of ether oxygens (including phenoxy) is 1. The van der Waals surface area contributed by atoms with Gasteiger partial charge in [0.05, 0.1) is 23.4 Å². The van der Waals surface area contributed by atoms with Crippen LogP contribution in [0.4, 0.5) is 5.69 Å². The highest BCUT2D eigenvalue weighted by atomic mass is 35.5. The number of halogens is 1. The monoisotopic (exact) mass is 338 g/mol. The van der Waals surface area contributed by atoms with E-state index in [2.05, 4.69) is 4.90 Å². The molecule has 0 aliphatic carbocycles. The zero-order valence-electron chi connectivity index (χ0n) is 13.8. The lowest BCUT2D eigenvalue weighted by atomic mass is 10.1. The number of benzene rings is 1. The van der Waals surface area contributed by atoms with Gasteiger partial charge in [-0.25, -0.2) is 4.79 Å². The first-order valence-electron chi connectivity index (χ1n) is 7.83. The Balaban J connectivity index is 2.05. The van der Waals surface area contributed by atoms with E-state index in [-0.39, 0.29) is 11.9 Å². The standard InChI is InChI=1S/C17H23ClN2O3/c1-12(2)10-16(21)20-8-6-19(7-9-20)15-11-13(17(22)23-3)4-5-14(15)18/h4-5,11-12H,6-10H2,1-3H3. The summed E-state index contributed by atoms with van der Waals surface area (Å²) in [6, 6.07) is 5.11. The van der Waals surface area contributed by atoms with E-state index < -0.39 is 0 Å². The summed E-state index contributed by atoms with van der Waals surface area (Å²) in [4.78, 5) is 27.8. The van der Waals surface area contributed by atoms with Crippen LogP contribution >= 0.6 is 11.6 Å². The van der Waals surface area contributed by atoms with E-state index in [0.29, 0.717) is 49.1 Å². The predicted molar refractivity (Wildman–Crippen MR) is 91.0 cm³/mol. The third kappa shape index (κ3) is 4.38. The average molecular weight is 339 g/mol. The fourth-order valence-corrected chi connectivity index (χ4v) is 2.91. The summed E-state index contributed by atoms with van der Waals surface area (Å²) in [7, 11) is 1.36. The molecule has 1 aliphatic heterocycles. The number of amides is 1. The first-order valence-corrected chi connectivity index (χ1v) is 8.20. The van der Waals surface area contributed by atoms with Gasteiger partial charge in [0.25, 0.3) is 0 Å². The summed E-state index contributed by atoms with van der Waals surface area (Å²) in [6.07, 6.45) is 0.582. The van der Waals surface area contributed by atoms with Crippen molar-refractivity contribution in [2.45, 2.75) is 20.3 Å². The molecule has 2 rings (SSSR count). The molecule has 5 nitrogen and oxygen atoms in total. The van der Waals surface area contributed by atoms with Crippen molar-refractivity contribution in [1.29, 1.82) is 0 Å². The number of nitrogens with zero attached hydrogens (tertiary/aromatic N) is 2. The van der Waals surface area contributed by atoms with Crippen molar-refractivity contribution >= 4 is 29.2 Å². The molecule has 6 heteroatoms. The van der Waals surface area contributed by atoms with Gasteiger partial charge in [-0.15, -0.1) is 0 Å². The fourth-order valence-electron chi connectivity index (χ4n) is 2.67. The molecule has 1 heterocycles. The summed E-state index contributed by atoms with van der Waals surface area (Å²) in [6.45, 7) is 6.84. The highest BCUT2D eigenvalue weighted by molar-refractivity contribution is 6.33. The van der Waals surface area contributed by atoms with E-state index >= 15 is 0 Å². The van der Waals surface area contributed by atoms with Crippen LogP contribution in [0.3, 0.4) is 0 Å². The second kappa shape index (κ2) is 7.68. The molecule has 0 atom stereocenters. The Morgan fingerprint density at radius 3 is 2.43 bits per heavy atom. The molecule has 0 unspecified atom stereocenters. The van der Waals surface area contributed by atoms with Gasteiger partial charge in [-0.3, -0.25) is 4.79 Å². The minimum Gasteiger partial charge on any atom is -0.465 e. The van der Waals surface area contributed by atoms with E-state index in [1.165, 1.54) is 7.11 Å². The summed E-state index contributed by atoms with van der Waals surface area (Å²) < 4.78 is 4.75. The molecule has 23 heavy (non-hydrogen) atoms. The Morgan fingerprint density at radius 1 is 1.22 bits per heavy atom. The van der Waals surface area contributed by atoms with Crippen molar-refractivity contribution in [2.24, 2.45) is 5.92 Å². The predicted octanol–water partition coefficient (Wildman–Crippen LogP) is 2.82. The summed E-state index contributed by atoms with van der Waals surface area (Å²) >= 11 is 6.27. The molecular weight excluding hydrogens is 316 g/mol. The largest absolute Gasteiger partial charge is 0.465 e. The SMILES string of the molecule is COC(=O)c1ccc(Cl)c(N2CCN(C(=O)CC(C)C)CC2)c1. The normalized spacial score (nSPS) is 15.0. The second-order valence-electron chi connectivity index (χ2n) is 6.12. The van der Waals surface area contributed by atoms with E-state index in [1.807, 2.05) is 18.7 Å². The Morgan fingerprint density at radius 2 is 1.87 bits per heavy atom. The number of hydrogen-bond acceptors (Lipinski definition) is 4. The maximum atomic E-state index is 12.1. The molecule has 1 aromatic carbocycles. The third-order valence-electron chi connectivity index (χ3n) is 3.92. The molecule has 0 aromatic heterocycles. The van der Waals surface area contributed by atoms with Crippen molar-refractivity contribution in [3.8, 4) is 0 Å². The molecule has 0 N–H and O–H groups in total. The molecule has 1 aromatic rings. The van der Waals surface area contributed by atoms with E-state index in [9.17, 15) is 9.59 Å². The minimum absolute atomic E-state index is 0.203. The molecule has 1 aliphatic rings. The third-order valence-corrected chi connectivity index (χ3v) is 4.24. The van der Waals surface area contributed by atoms with Crippen LogP contribution in [-0.4, -0.2) is 50.1 Å². The molecule has 0 bridgehead atoms. The van der Waals surface area contributed by atoms with Crippen molar-refractivity contribution in [3.05, 3.63) is 28.8 Å². The van der Waals surface area contributed by atoms with Crippen molar-refractivity contribution in [3.63, 3.8) is 0 Å². The van der Waals surface area contributed by atoms with Crippen molar-refractivity contribution in [1.82, 2.24) is 4.90 Å². The Hall–Kier alpha value is -1.75. The van der Waals surface area contributed by atoms with Crippen LogP contribution in [0.2, 0.25) is 5.02 Å². The molecule has 1 fully saturated rings. The average Bonchev–Trinajstić information content (AvgIpc) is 2.54. The Bertz CT molecular complexity index is 581. The number of carbonyl (C=O) groups excluding carboxylic acids is 2. The zero-order valence-corrected chi connectivity index (χ0v) is 14.6. The number of hydrogen-bond donors (Lipinski definition) is 0. The van der Waals surface area contributed by atoms with Crippen LogP contribution in [0, 0.1) is 5.92 Å². The van der Waals surface area contributed by atoms with Crippen LogP contribution in [0.1, 0.15) is 30.6 Å².